The Morgan fingerprint density at radius 1 is 1.04 bits per heavy atom. The third-order valence-corrected chi connectivity index (χ3v) is 5.84. The SMILES string of the molecule is COc1cccc(C(=O)N2CCN(C(=O)CSCc3cccc(Cl)c3)CC2)c1. The Balaban J connectivity index is 1.45. The number of carbonyl (C=O) groups excluding carboxylic acids is 2. The summed E-state index contributed by atoms with van der Waals surface area (Å²) >= 11 is 7.57. The molecule has 1 heterocycles. The molecule has 0 aliphatic carbocycles. The lowest BCUT2D eigenvalue weighted by molar-refractivity contribution is -0.129. The van der Waals surface area contributed by atoms with Crippen LogP contribution in [-0.4, -0.2) is 60.7 Å². The van der Waals surface area contributed by atoms with Crippen molar-refractivity contribution in [2.24, 2.45) is 0 Å². The minimum Gasteiger partial charge on any atom is -0.497 e. The van der Waals surface area contributed by atoms with Crippen LogP contribution >= 0.6 is 23.4 Å². The third kappa shape index (κ3) is 5.42. The highest BCUT2D eigenvalue weighted by Gasteiger charge is 2.24. The van der Waals surface area contributed by atoms with Crippen LogP contribution in [0.25, 0.3) is 0 Å². The molecule has 0 atom stereocenters. The molecule has 2 aromatic carbocycles. The van der Waals surface area contributed by atoms with E-state index in [-0.39, 0.29) is 11.8 Å². The van der Waals surface area contributed by atoms with Gasteiger partial charge < -0.3 is 14.5 Å². The molecule has 1 aliphatic heterocycles. The Kier molecular flexibility index (Phi) is 7.23. The van der Waals surface area contributed by atoms with Crippen LogP contribution in [0, 0.1) is 0 Å². The number of rotatable bonds is 6. The van der Waals surface area contributed by atoms with Crippen LogP contribution in [0.1, 0.15) is 15.9 Å². The molecular formula is C21H23ClN2O3S. The van der Waals surface area contributed by atoms with Gasteiger partial charge in [-0.2, -0.15) is 0 Å². The number of thioether (sulfide) groups is 1. The van der Waals surface area contributed by atoms with Gasteiger partial charge in [0.2, 0.25) is 5.91 Å². The van der Waals surface area contributed by atoms with E-state index in [1.165, 1.54) is 0 Å². The Labute approximate surface area is 174 Å². The van der Waals surface area contributed by atoms with Crippen molar-refractivity contribution in [3.05, 3.63) is 64.7 Å². The van der Waals surface area contributed by atoms with Crippen molar-refractivity contribution >= 4 is 35.2 Å². The molecule has 3 rings (SSSR count). The normalized spacial score (nSPS) is 14.1. The lowest BCUT2D eigenvalue weighted by atomic mass is 10.1. The third-order valence-electron chi connectivity index (χ3n) is 4.62. The number of amides is 2. The molecule has 0 spiro atoms. The molecule has 0 radical (unpaired) electrons. The predicted molar refractivity (Wildman–Crippen MR) is 113 cm³/mol. The minimum absolute atomic E-state index is 0.0265. The summed E-state index contributed by atoms with van der Waals surface area (Å²) < 4.78 is 5.18. The highest BCUT2D eigenvalue weighted by molar-refractivity contribution is 7.99. The van der Waals surface area contributed by atoms with Crippen LogP contribution in [0.5, 0.6) is 5.75 Å². The van der Waals surface area contributed by atoms with Crippen molar-refractivity contribution in [3.8, 4) is 5.75 Å². The highest BCUT2D eigenvalue weighted by Crippen LogP contribution is 2.18. The Hall–Kier alpha value is -2.18. The number of hydrogen-bond acceptors (Lipinski definition) is 4. The van der Waals surface area contributed by atoms with Crippen molar-refractivity contribution in [1.82, 2.24) is 9.80 Å². The zero-order chi connectivity index (χ0) is 19.9. The molecule has 1 aliphatic rings. The fourth-order valence-corrected chi connectivity index (χ4v) is 4.16. The first-order chi connectivity index (χ1) is 13.6. The molecule has 148 valence electrons. The van der Waals surface area contributed by atoms with E-state index >= 15 is 0 Å². The molecule has 0 saturated carbocycles. The second-order valence-corrected chi connectivity index (χ2v) is 7.95. The molecule has 5 nitrogen and oxygen atoms in total. The summed E-state index contributed by atoms with van der Waals surface area (Å²) in [4.78, 5) is 28.7. The van der Waals surface area contributed by atoms with E-state index in [2.05, 4.69) is 0 Å². The minimum atomic E-state index is -0.0265. The van der Waals surface area contributed by atoms with E-state index in [0.717, 1.165) is 11.3 Å². The number of halogens is 1. The summed E-state index contributed by atoms with van der Waals surface area (Å²) in [5.74, 6) is 1.93. The van der Waals surface area contributed by atoms with Crippen LogP contribution in [0.4, 0.5) is 0 Å². The molecule has 0 N–H and O–H groups in total. The van der Waals surface area contributed by atoms with E-state index in [9.17, 15) is 9.59 Å². The number of piperazine rings is 1. The van der Waals surface area contributed by atoms with Crippen molar-refractivity contribution in [2.75, 3.05) is 39.0 Å². The largest absolute Gasteiger partial charge is 0.497 e. The summed E-state index contributed by atoms with van der Waals surface area (Å²) in [6, 6.07) is 14.8. The van der Waals surface area contributed by atoms with Gasteiger partial charge in [0.05, 0.1) is 12.9 Å². The fourth-order valence-electron chi connectivity index (χ4n) is 3.07. The Morgan fingerprint density at radius 3 is 2.46 bits per heavy atom. The monoisotopic (exact) mass is 418 g/mol. The van der Waals surface area contributed by atoms with Gasteiger partial charge in [0.15, 0.2) is 0 Å². The maximum atomic E-state index is 12.7. The van der Waals surface area contributed by atoms with E-state index in [1.54, 1.807) is 35.9 Å². The van der Waals surface area contributed by atoms with Crippen LogP contribution < -0.4 is 4.74 Å². The number of carbonyl (C=O) groups is 2. The van der Waals surface area contributed by atoms with Crippen LogP contribution in [0.2, 0.25) is 5.02 Å². The zero-order valence-electron chi connectivity index (χ0n) is 15.8. The van der Waals surface area contributed by atoms with E-state index in [0.29, 0.717) is 48.3 Å². The fraction of sp³-hybridized carbons (Fsp3) is 0.333. The smallest absolute Gasteiger partial charge is 0.254 e. The van der Waals surface area contributed by atoms with Gasteiger partial charge in [0, 0.05) is 42.5 Å². The summed E-state index contributed by atoms with van der Waals surface area (Å²) in [6.07, 6.45) is 0. The van der Waals surface area contributed by atoms with Crippen molar-refractivity contribution < 1.29 is 14.3 Å². The second kappa shape index (κ2) is 9.85. The maximum Gasteiger partial charge on any atom is 0.254 e. The van der Waals surface area contributed by atoms with Gasteiger partial charge in [-0.25, -0.2) is 0 Å². The van der Waals surface area contributed by atoms with Gasteiger partial charge in [-0.05, 0) is 35.9 Å². The van der Waals surface area contributed by atoms with Gasteiger partial charge in [-0.1, -0.05) is 29.8 Å². The number of benzene rings is 2. The predicted octanol–water partition coefficient (Wildman–Crippen LogP) is 3.57. The Bertz CT molecular complexity index is 838. The summed E-state index contributed by atoms with van der Waals surface area (Å²) in [6.45, 7) is 2.21. The lowest BCUT2D eigenvalue weighted by Gasteiger charge is -2.34. The molecule has 0 unspecified atom stereocenters. The first-order valence-electron chi connectivity index (χ1n) is 9.10. The molecule has 7 heteroatoms. The quantitative estimate of drug-likeness (QED) is 0.719. The van der Waals surface area contributed by atoms with Crippen LogP contribution in [0.3, 0.4) is 0 Å². The van der Waals surface area contributed by atoms with Crippen LogP contribution in [-0.2, 0) is 10.5 Å². The molecular weight excluding hydrogens is 396 g/mol. The lowest BCUT2D eigenvalue weighted by Crippen LogP contribution is -2.51. The molecule has 1 fully saturated rings. The average molecular weight is 419 g/mol. The number of methoxy groups -OCH3 is 1. The molecule has 2 amide bonds. The number of hydrogen-bond donors (Lipinski definition) is 0. The summed E-state index contributed by atoms with van der Waals surface area (Å²) in [5, 5.41) is 0.709. The van der Waals surface area contributed by atoms with Gasteiger partial charge >= 0.3 is 0 Å². The zero-order valence-corrected chi connectivity index (χ0v) is 17.3. The Morgan fingerprint density at radius 2 is 1.75 bits per heavy atom. The first kappa shape index (κ1) is 20.6. The van der Waals surface area contributed by atoms with Crippen molar-refractivity contribution in [2.45, 2.75) is 5.75 Å². The maximum absolute atomic E-state index is 12.7. The summed E-state index contributed by atoms with van der Waals surface area (Å²) in [7, 11) is 1.58. The topological polar surface area (TPSA) is 49.9 Å². The number of ether oxygens (including phenoxy) is 1. The van der Waals surface area contributed by atoms with E-state index < -0.39 is 0 Å². The number of nitrogens with zero attached hydrogens (tertiary/aromatic N) is 2. The molecule has 28 heavy (non-hydrogen) atoms. The average Bonchev–Trinajstić information content (AvgIpc) is 2.73. The van der Waals surface area contributed by atoms with Gasteiger partial charge in [-0.3, -0.25) is 9.59 Å². The van der Waals surface area contributed by atoms with Gasteiger partial charge in [-0.15, -0.1) is 11.8 Å². The van der Waals surface area contributed by atoms with Crippen molar-refractivity contribution in [3.63, 3.8) is 0 Å². The van der Waals surface area contributed by atoms with Gasteiger partial charge in [0.1, 0.15) is 5.75 Å². The van der Waals surface area contributed by atoms with Crippen LogP contribution in [0.15, 0.2) is 48.5 Å². The first-order valence-corrected chi connectivity index (χ1v) is 10.6. The van der Waals surface area contributed by atoms with E-state index in [4.69, 9.17) is 16.3 Å². The molecule has 1 saturated heterocycles. The molecule has 0 bridgehead atoms. The standard InChI is InChI=1S/C21H23ClN2O3S/c1-27-19-7-3-5-17(13-19)21(26)24-10-8-23(9-11-24)20(25)15-28-14-16-4-2-6-18(22)12-16/h2-7,12-13H,8-11,14-15H2,1H3. The molecule has 0 aromatic heterocycles. The van der Waals surface area contributed by atoms with Gasteiger partial charge in [0.25, 0.3) is 5.91 Å². The second-order valence-electron chi connectivity index (χ2n) is 6.53. The molecule has 2 aromatic rings. The van der Waals surface area contributed by atoms with Crippen molar-refractivity contribution in [1.29, 1.82) is 0 Å². The highest BCUT2D eigenvalue weighted by atomic mass is 35.5. The summed E-state index contributed by atoms with van der Waals surface area (Å²) in [5.41, 5.74) is 1.72. The van der Waals surface area contributed by atoms with E-state index in [1.807, 2.05) is 41.3 Å².